The maximum Gasteiger partial charge on any atom is 0.251 e. The minimum Gasteiger partial charge on any atom is -0.493 e. The standard InChI is InChI=1S/C21H26N2O3/c1-15-12-16(2)17(3)19(13-15)26-11-7-10-22-20(24)14-23-21(25)18-8-5-4-6-9-18/h4-6,8-9,12-13H,7,10-11,14H2,1-3H3,(H,22,24)(H,23,25). The molecule has 0 spiro atoms. The van der Waals surface area contributed by atoms with Crippen molar-refractivity contribution in [2.45, 2.75) is 27.2 Å². The third-order valence-electron chi connectivity index (χ3n) is 4.11. The van der Waals surface area contributed by atoms with Gasteiger partial charge in [-0.25, -0.2) is 0 Å². The van der Waals surface area contributed by atoms with Crippen LogP contribution in [-0.4, -0.2) is 31.5 Å². The van der Waals surface area contributed by atoms with Crippen LogP contribution in [0.25, 0.3) is 0 Å². The van der Waals surface area contributed by atoms with Gasteiger partial charge in [0.2, 0.25) is 5.91 Å². The predicted octanol–water partition coefficient (Wildman–Crippen LogP) is 2.93. The molecule has 2 amide bonds. The van der Waals surface area contributed by atoms with Crippen LogP contribution in [0.1, 0.15) is 33.5 Å². The molecular formula is C21H26N2O3. The van der Waals surface area contributed by atoms with Crippen LogP contribution >= 0.6 is 0 Å². The highest BCUT2D eigenvalue weighted by Crippen LogP contribution is 2.23. The van der Waals surface area contributed by atoms with Gasteiger partial charge in [0, 0.05) is 12.1 Å². The number of amides is 2. The van der Waals surface area contributed by atoms with Crippen molar-refractivity contribution in [1.29, 1.82) is 0 Å². The van der Waals surface area contributed by atoms with Crippen molar-refractivity contribution in [2.24, 2.45) is 0 Å². The quantitative estimate of drug-likeness (QED) is 0.716. The first-order valence-electron chi connectivity index (χ1n) is 8.78. The maximum absolute atomic E-state index is 11.9. The van der Waals surface area contributed by atoms with Crippen LogP contribution in [0.15, 0.2) is 42.5 Å². The lowest BCUT2D eigenvalue weighted by Gasteiger charge is -2.12. The van der Waals surface area contributed by atoms with E-state index in [0.29, 0.717) is 25.1 Å². The van der Waals surface area contributed by atoms with E-state index in [2.05, 4.69) is 23.6 Å². The number of hydrogen-bond donors (Lipinski definition) is 2. The summed E-state index contributed by atoms with van der Waals surface area (Å²) >= 11 is 0. The Morgan fingerprint density at radius 1 is 1.00 bits per heavy atom. The molecule has 0 aliphatic heterocycles. The van der Waals surface area contributed by atoms with Crippen molar-refractivity contribution in [3.05, 3.63) is 64.7 Å². The van der Waals surface area contributed by atoms with E-state index in [0.717, 1.165) is 11.3 Å². The van der Waals surface area contributed by atoms with Gasteiger partial charge in [-0.05, 0) is 62.1 Å². The zero-order chi connectivity index (χ0) is 18.9. The average Bonchev–Trinajstić information content (AvgIpc) is 2.63. The van der Waals surface area contributed by atoms with Crippen molar-refractivity contribution >= 4 is 11.8 Å². The molecule has 2 aromatic carbocycles. The van der Waals surface area contributed by atoms with E-state index in [9.17, 15) is 9.59 Å². The SMILES string of the molecule is Cc1cc(C)c(C)c(OCCCNC(=O)CNC(=O)c2ccccc2)c1. The summed E-state index contributed by atoms with van der Waals surface area (Å²) in [4.78, 5) is 23.6. The molecule has 0 saturated carbocycles. The topological polar surface area (TPSA) is 67.4 Å². The van der Waals surface area contributed by atoms with Gasteiger partial charge in [0.25, 0.3) is 5.91 Å². The molecule has 0 fully saturated rings. The second-order valence-corrected chi connectivity index (χ2v) is 6.31. The Morgan fingerprint density at radius 3 is 2.46 bits per heavy atom. The van der Waals surface area contributed by atoms with Crippen molar-refractivity contribution in [3.8, 4) is 5.75 Å². The maximum atomic E-state index is 11.9. The number of benzene rings is 2. The molecule has 0 aliphatic carbocycles. The van der Waals surface area contributed by atoms with E-state index in [1.165, 1.54) is 11.1 Å². The molecule has 0 unspecified atom stereocenters. The lowest BCUT2D eigenvalue weighted by Crippen LogP contribution is -2.37. The summed E-state index contributed by atoms with van der Waals surface area (Å²) in [6.45, 7) is 7.15. The smallest absolute Gasteiger partial charge is 0.251 e. The van der Waals surface area contributed by atoms with Gasteiger partial charge in [-0.2, -0.15) is 0 Å². The highest BCUT2D eigenvalue weighted by molar-refractivity contribution is 5.96. The fourth-order valence-electron chi connectivity index (χ4n) is 2.55. The fraction of sp³-hybridized carbons (Fsp3) is 0.333. The van der Waals surface area contributed by atoms with Crippen LogP contribution < -0.4 is 15.4 Å². The first-order chi connectivity index (χ1) is 12.5. The molecule has 0 heterocycles. The van der Waals surface area contributed by atoms with Crippen molar-refractivity contribution in [2.75, 3.05) is 19.7 Å². The third kappa shape index (κ3) is 5.92. The van der Waals surface area contributed by atoms with Gasteiger partial charge in [0.15, 0.2) is 0 Å². The molecule has 0 aliphatic rings. The number of aryl methyl sites for hydroxylation is 2. The van der Waals surface area contributed by atoms with Gasteiger partial charge >= 0.3 is 0 Å². The largest absolute Gasteiger partial charge is 0.493 e. The van der Waals surface area contributed by atoms with E-state index in [-0.39, 0.29) is 18.4 Å². The number of nitrogens with one attached hydrogen (secondary N) is 2. The molecule has 0 radical (unpaired) electrons. The first kappa shape index (κ1) is 19.5. The summed E-state index contributed by atoms with van der Waals surface area (Å²) in [5.74, 6) is 0.426. The minimum atomic E-state index is -0.255. The zero-order valence-electron chi connectivity index (χ0n) is 15.6. The molecule has 2 aromatic rings. The highest BCUT2D eigenvalue weighted by Gasteiger charge is 2.07. The molecular weight excluding hydrogens is 328 g/mol. The number of carbonyl (C=O) groups excluding carboxylic acids is 2. The van der Waals surface area contributed by atoms with Crippen LogP contribution in [0.4, 0.5) is 0 Å². The first-order valence-corrected chi connectivity index (χ1v) is 8.78. The van der Waals surface area contributed by atoms with Crippen LogP contribution in [0.2, 0.25) is 0 Å². The van der Waals surface area contributed by atoms with Gasteiger partial charge in [-0.15, -0.1) is 0 Å². The molecule has 26 heavy (non-hydrogen) atoms. The summed E-state index contributed by atoms with van der Waals surface area (Å²) in [5.41, 5.74) is 4.06. The minimum absolute atomic E-state index is 0.0369. The van der Waals surface area contributed by atoms with Crippen LogP contribution in [0, 0.1) is 20.8 Å². The number of rotatable bonds is 8. The molecule has 2 rings (SSSR count). The van der Waals surface area contributed by atoms with Crippen LogP contribution in [0.5, 0.6) is 5.75 Å². The zero-order valence-corrected chi connectivity index (χ0v) is 15.6. The number of ether oxygens (including phenoxy) is 1. The lowest BCUT2D eigenvalue weighted by molar-refractivity contribution is -0.120. The number of hydrogen-bond acceptors (Lipinski definition) is 3. The second kappa shape index (κ2) is 9.61. The Kier molecular flexibility index (Phi) is 7.21. The molecule has 0 aromatic heterocycles. The summed E-state index contributed by atoms with van der Waals surface area (Å²) in [7, 11) is 0. The van der Waals surface area contributed by atoms with E-state index >= 15 is 0 Å². The fourth-order valence-corrected chi connectivity index (χ4v) is 2.55. The monoisotopic (exact) mass is 354 g/mol. The molecule has 138 valence electrons. The summed E-state index contributed by atoms with van der Waals surface area (Å²) < 4.78 is 5.82. The average molecular weight is 354 g/mol. The van der Waals surface area contributed by atoms with Crippen molar-refractivity contribution in [1.82, 2.24) is 10.6 Å². The molecule has 5 heteroatoms. The van der Waals surface area contributed by atoms with Crippen molar-refractivity contribution < 1.29 is 14.3 Å². The van der Waals surface area contributed by atoms with Gasteiger partial charge in [-0.3, -0.25) is 9.59 Å². The van der Waals surface area contributed by atoms with Crippen LogP contribution in [0.3, 0.4) is 0 Å². The predicted molar refractivity (Wildman–Crippen MR) is 103 cm³/mol. The van der Waals surface area contributed by atoms with Gasteiger partial charge in [-0.1, -0.05) is 24.3 Å². The lowest BCUT2D eigenvalue weighted by atomic mass is 10.1. The van der Waals surface area contributed by atoms with Gasteiger partial charge in [0.1, 0.15) is 5.75 Å². The van der Waals surface area contributed by atoms with E-state index < -0.39 is 0 Å². The Balaban J connectivity index is 1.64. The van der Waals surface area contributed by atoms with Crippen LogP contribution in [-0.2, 0) is 4.79 Å². The second-order valence-electron chi connectivity index (χ2n) is 6.31. The molecule has 5 nitrogen and oxygen atoms in total. The molecule has 0 atom stereocenters. The Labute approximate surface area is 154 Å². The van der Waals surface area contributed by atoms with Crippen molar-refractivity contribution in [3.63, 3.8) is 0 Å². The summed E-state index contributed by atoms with van der Waals surface area (Å²) in [6, 6.07) is 13.0. The van der Waals surface area contributed by atoms with E-state index in [1.807, 2.05) is 26.0 Å². The number of carbonyl (C=O) groups is 2. The highest BCUT2D eigenvalue weighted by atomic mass is 16.5. The van der Waals surface area contributed by atoms with E-state index in [4.69, 9.17) is 4.74 Å². The molecule has 0 saturated heterocycles. The summed E-state index contributed by atoms with van der Waals surface area (Å²) in [5, 5.41) is 5.38. The molecule has 2 N–H and O–H groups in total. The van der Waals surface area contributed by atoms with E-state index in [1.54, 1.807) is 24.3 Å². The Hall–Kier alpha value is -2.82. The Bertz CT molecular complexity index is 757. The summed E-state index contributed by atoms with van der Waals surface area (Å²) in [6.07, 6.45) is 0.699. The Morgan fingerprint density at radius 2 is 1.73 bits per heavy atom. The third-order valence-corrected chi connectivity index (χ3v) is 4.11. The molecule has 0 bridgehead atoms. The normalized spacial score (nSPS) is 10.3. The van der Waals surface area contributed by atoms with Gasteiger partial charge in [0.05, 0.1) is 13.2 Å². The van der Waals surface area contributed by atoms with Gasteiger partial charge < -0.3 is 15.4 Å².